The fourth-order valence-corrected chi connectivity index (χ4v) is 1.16. The second kappa shape index (κ2) is 3.08. The van der Waals surface area contributed by atoms with Gasteiger partial charge in [-0.3, -0.25) is 10.2 Å². The number of rotatable bonds is 1. The summed E-state index contributed by atoms with van der Waals surface area (Å²) in [4.78, 5) is 14.8. The lowest BCUT2D eigenvalue weighted by Gasteiger charge is -1.90. The Kier molecular flexibility index (Phi) is 1.90. The van der Waals surface area contributed by atoms with Gasteiger partial charge in [-0.1, -0.05) is 0 Å². The van der Waals surface area contributed by atoms with Crippen molar-refractivity contribution in [3.05, 3.63) is 36.0 Å². The van der Waals surface area contributed by atoms with E-state index in [4.69, 9.17) is 5.84 Å². The lowest BCUT2D eigenvalue weighted by molar-refractivity contribution is 0.0949. The molecule has 2 aromatic rings. The molecule has 0 bridgehead atoms. The van der Waals surface area contributed by atoms with Crippen LogP contribution in [-0.4, -0.2) is 15.3 Å². The number of carbonyl (C=O) groups excluding carboxylic acids is 1. The van der Waals surface area contributed by atoms with Gasteiger partial charge in [0.25, 0.3) is 5.91 Å². The molecule has 0 spiro atoms. The molecule has 3 N–H and O–H groups in total. The average molecular weight is 194 g/mol. The summed E-state index contributed by atoms with van der Waals surface area (Å²) in [6, 6.07) is 2.79. The zero-order valence-corrected chi connectivity index (χ0v) is 7.07. The van der Waals surface area contributed by atoms with Crippen molar-refractivity contribution in [1.29, 1.82) is 0 Å². The standard InChI is InChI=1S/C8H7FN4O/c9-5-2-1-3-13-4-6(8(14)12-10)11-7(5)13/h1-4H,10H2,(H,12,14). The van der Waals surface area contributed by atoms with Crippen LogP contribution in [0.3, 0.4) is 0 Å². The molecule has 0 radical (unpaired) electrons. The van der Waals surface area contributed by atoms with Crippen molar-refractivity contribution in [2.45, 2.75) is 0 Å². The SMILES string of the molecule is NNC(=O)c1cn2cccc(F)c2n1. The molecular weight excluding hydrogens is 187 g/mol. The van der Waals surface area contributed by atoms with Gasteiger partial charge in [0.05, 0.1) is 0 Å². The van der Waals surface area contributed by atoms with Gasteiger partial charge in [0.2, 0.25) is 0 Å². The maximum atomic E-state index is 13.1. The number of nitrogens with two attached hydrogens (primary N) is 1. The van der Waals surface area contributed by atoms with E-state index in [-0.39, 0.29) is 11.3 Å². The third-order valence-electron chi connectivity index (χ3n) is 1.80. The van der Waals surface area contributed by atoms with Gasteiger partial charge in [-0.05, 0) is 12.1 Å². The van der Waals surface area contributed by atoms with Crippen molar-refractivity contribution in [1.82, 2.24) is 14.8 Å². The minimum Gasteiger partial charge on any atom is -0.304 e. The molecule has 5 nitrogen and oxygen atoms in total. The van der Waals surface area contributed by atoms with Crippen molar-refractivity contribution >= 4 is 11.6 Å². The number of pyridine rings is 1. The maximum absolute atomic E-state index is 13.1. The Hall–Kier alpha value is -1.95. The van der Waals surface area contributed by atoms with E-state index in [9.17, 15) is 9.18 Å². The molecule has 0 saturated heterocycles. The number of nitrogen functional groups attached to an aromatic ring is 1. The van der Waals surface area contributed by atoms with E-state index in [1.165, 1.54) is 22.7 Å². The van der Waals surface area contributed by atoms with Crippen LogP contribution in [0, 0.1) is 5.82 Å². The van der Waals surface area contributed by atoms with Crippen LogP contribution in [0.2, 0.25) is 0 Å². The molecule has 72 valence electrons. The molecule has 2 heterocycles. The average Bonchev–Trinajstić information content (AvgIpc) is 2.62. The van der Waals surface area contributed by atoms with E-state index in [0.717, 1.165) is 0 Å². The predicted molar refractivity (Wildman–Crippen MR) is 46.8 cm³/mol. The minimum absolute atomic E-state index is 0.0811. The van der Waals surface area contributed by atoms with Gasteiger partial charge in [-0.15, -0.1) is 0 Å². The van der Waals surface area contributed by atoms with Gasteiger partial charge in [0.15, 0.2) is 11.5 Å². The highest BCUT2D eigenvalue weighted by Gasteiger charge is 2.10. The molecule has 2 aromatic heterocycles. The lowest BCUT2D eigenvalue weighted by atomic mass is 10.4. The Morgan fingerprint density at radius 3 is 3.07 bits per heavy atom. The molecule has 6 heteroatoms. The lowest BCUT2D eigenvalue weighted by Crippen LogP contribution is -2.30. The van der Waals surface area contributed by atoms with Crippen molar-refractivity contribution in [3.8, 4) is 0 Å². The number of halogens is 1. The van der Waals surface area contributed by atoms with E-state index in [2.05, 4.69) is 4.98 Å². The summed E-state index contributed by atoms with van der Waals surface area (Å²) in [7, 11) is 0. The van der Waals surface area contributed by atoms with Gasteiger partial charge in [0.1, 0.15) is 5.69 Å². The summed E-state index contributed by atoms with van der Waals surface area (Å²) in [5, 5.41) is 0. The molecule has 0 aliphatic heterocycles. The highest BCUT2D eigenvalue weighted by atomic mass is 19.1. The van der Waals surface area contributed by atoms with Crippen molar-refractivity contribution < 1.29 is 9.18 Å². The molecule has 0 atom stereocenters. The van der Waals surface area contributed by atoms with Crippen LogP contribution >= 0.6 is 0 Å². The molecule has 0 unspecified atom stereocenters. The van der Waals surface area contributed by atoms with Gasteiger partial charge in [-0.2, -0.15) is 0 Å². The number of fused-ring (bicyclic) bond motifs is 1. The Morgan fingerprint density at radius 1 is 1.64 bits per heavy atom. The topological polar surface area (TPSA) is 72.4 Å². The number of hydrazine groups is 1. The Bertz CT molecular complexity index is 493. The summed E-state index contributed by atoms with van der Waals surface area (Å²) < 4.78 is 14.5. The predicted octanol–water partition coefficient (Wildman–Crippen LogP) is 0.0769. The van der Waals surface area contributed by atoms with E-state index >= 15 is 0 Å². The number of nitrogens with one attached hydrogen (secondary N) is 1. The monoisotopic (exact) mass is 194 g/mol. The van der Waals surface area contributed by atoms with Crippen molar-refractivity contribution in [2.24, 2.45) is 5.84 Å². The molecule has 0 aliphatic rings. The van der Waals surface area contributed by atoms with Crippen molar-refractivity contribution in [2.75, 3.05) is 0 Å². The van der Waals surface area contributed by atoms with Crippen LogP contribution in [0.5, 0.6) is 0 Å². The van der Waals surface area contributed by atoms with Crippen LogP contribution in [0.4, 0.5) is 4.39 Å². The third kappa shape index (κ3) is 1.21. The van der Waals surface area contributed by atoms with E-state index in [1.807, 2.05) is 5.43 Å². The molecular formula is C8H7FN4O. The summed E-state index contributed by atoms with van der Waals surface area (Å²) >= 11 is 0. The number of hydrogen-bond donors (Lipinski definition) is 2. The third-order valence-corrected chi connectivity index (χ3v) is 1.80. The number of nitrogens with zero attached hydrogens (tertiary/aromatic N) is 2. The first-order valence-electron chi connectivity index (χ1n) is 3.86. The van der Waals surface area contributed by atoms with Crippen LogP contribution in [0.1, 0.15) is 10.5 Å². The van der Waals surface area contributed by atoms with Gasteiger partial charge < -0.3 is 4.40 Å². The molecule has 0 fully saturated rings. The van der Waals surface area contributed by atoms with Crippen LogP contribution < -0.4 is 11.3 Å². The number of hydrogen-bond acceptors (Lipinski definition) is 3. The smallest absolute Gasteiger partial charge is 0.285 e. The normalized spacial score (nSPS) is 10.4. The first-order chi connectivity index (χ1) is 6.72. The molecule has 0 aromatic carbocycles. The Labute approximate surface area is 78.3 Å². The number of aromatic nitrogens is 2. The summed E-state index contributed by atoms with van der Waals surface area (Å²) in [6.45, 7) is 0. The number of carbonyl (C=O) groups is 1. The van der Waals surface area contributed by atoms with Crippen LogP contribution in [0.15, 0.2) is 24.5 Å². The second-order valence-electron chi connectivity index (χ2n) is 2.69. The Morgan fingerprint density at radius 2 is 2.43 bits per heavy atom. The van der Waals surface area contributed by atoms with Gasteiger partial charge in [0, 0.05) is 12.4 Å². The molecule has 0 aliphatic carbocycles. The highest BCUT2D eigenvalue weighted by Crippen LogP contribution is 2.08. The molecule has 0 saturated carbocycles. The maximum Gasteiger partial charge on any atom is 0.285 e. The highest BCUT2D eigenvalue weighted by molar-refractivity contribution is 5.92. The first-order valence-corrected chi connectivity index (χ1v) is 3.86. The summed E-state index contributed by atoms with van der Waals surface area (Å²) in [5.41, 5.74) is 2.11. The van der Waals surface area contributed by atoms with Crippen LogP contribution in [-0.2, 0) is 0 Å². The Balaban J connectivity index is 2.62. The number of amides is 1. The summed E-state index contributed by atoms with van der Waals surface area (Å²) in [6.07, 6.45) is 3.00. The zero-order chi connectivity index (χ0) is 10.1. The van der Waals surface area contributed by atoms with Crippen molar-refractivity contribution in [3.63, 3.8) is 0 Å². The molecule has 2 rings (SSSR count). The van der Waals surface area contributed by atoms with E-state index in [1.54, 1.807) is 6.20 Å². The quantitative estimate of drug-likeness (QED) is 0.383. The van der Waals surface area contributed by atoms with Crippen LogP contribution in [0.25, 0.3) is 5.65 Å². The summed E-state index contributed by atoms with van der Waals surface area (Å²) in [5.74, 6) is 3.89. The fraction of sp³-hybridized carbons (Fsp3) is 0. The molecule has 1 amide bonds. The zero-order valence-electron chi connectivity index (χ0n) is 7.07. The first kappa shape index (κ1) is 8.64. The largest absolute Gasteiger partial charge is 0.304 e. The fourth-order valence-electron chi connectivity index (χ4n) is 1.16. The van der Waals surface area contributed by atoms with Gasteiger partial charge in [-0.25, -0.2) is 15.2 Å². The van der Waals surface area contributed by atoms with Gasteiger partial charge >= 0.3 is 0 Å². The van der Waals surface area contributed by atoms with E-state index in [0.29, 0.717) is 0 Å². The van der Waals surface area contributed by atoms with E-state index < -0.39 is 11.7 Å². The molecule has 14 heavy (non-hydrogen) atoms. The minimum atomic E-state index is -0.548. The number of imidazole rings is 1. The second-order valence-corrected chi connectivity index (χ2v) is 2.69.